The zero-order valence-electron chi connectivity index (χ0n) is 12.4. The molecule has 0 fully saturated rings. The maximum absolute atomic E-state index is 13.5. The fraction of sp³-hybridized carbons (Fsp3) is 0.286. The Morgan fingerprint density at radius 2 is 1.83 bits per heavy atom. The molecule has 0 aliphatic carbocycles. The number of benzene rings is 1. The first kappa shape index (κ1) is 18.6. The van der Waals surface area contributed by atoms with E-state index in [9.17, 15) is 26.7 Å². The van der Waals surface area contributed by atoms with Gasteiger partial charge in [0.1, 0.15) is 5.69 Å². The molecule has 1 heterocycles. The average Bonchev–Trinajstić information content (AvgIpc) is 2.47. The van der Waals surface area contributed by atoms with E-state index in [1.54, 1.807) is 25.1 Å². The number of aromatic nitrogens is 2. The Balaban J connectivity index is 2.56. The summed E-state index contributed by atoms with van der Waals surface area (Å²) in [5.74, 6) is -5.64. The lowest BCUT2D eigenvalue weighted by molar-refractivity contribution is -0.291. The van der Waals surface area contributed by atoms with Crippen molar-refractivity contribution in [1.82, 2.24) is 9.55 Å². The van der Waals surface area contributed by atoms with Crippen LogP contribution >= 0.6 is 22.6 Å². The zero-order valence-corrected chi connectivity index (χ0v) is 14.5. The molecule has 4 nitrogen and oxygen atoms in total. The molecular weight excluding hydrogens is 448 g/mol. The summed E-state index contributed by atoms with van der Waals surface area (Å²) in [6.07, 6.45) is -5.85. The highest BCUT2D eigenvalue weighted by Crippen LogP contribution is 2.42. The summed E-state index contributed by atoms with van der Waals surface area (Å²) >= 11 is 2.04. The van der Waals surface area contributed by atoms with Crippen LogP contribution in [0, 0.1) is 10.5 Å². The Labute approximate surface area is 146 Å². The molecule has 1 N–H and O–H groups in total. The molecular formula is C14H11F5IN3O. The van der Waals surface area contributed by atoms with E-state index in [4.69, 9.17) is 0 Å². The summed E-state index contributed by atoms with van der Waals surface area (Å²) < 4.78 is 66.2. The number of anilines is 2. The van der Waals surface area contributed by atoms with Gasteiger partial charge in [0.25, 0.3) is 5.56 Å². The van der Waals surface area contributed by atoms with Crippen molar-refractivity contribution in [2.45, 2.75) is 19.0 Å². The smallest absolute Gasteiger partial charge is 0.325 e. The predicted octanol–water partition coefficient (Wildman–Crippen LogP) is 4.09. The number of nitrogens with one attached hydrogen (secondary N) is 1. The molecule has 1 aromatic carbocycles. The number of halogens is 6. The van der Waals surface area contributed by atoms with E-state index in [0.29, 0.717) is 5.69 Å². The normalized spacial score (nSPS) is 12.3. The second kappa shape index (κ2) is 6.30. The third-order valence-corrected chi connectivity index (χ3v) is 4.50. The van der Waals surface area contributed by atoms with Gasteiger partial charge in [-0.1, -0.05) is 6.07 Å². The van der Waals surface area contributed by atoms with Gasteiger partial charge in [-0.25, -0.2) is 4.98 Å². The maximum atomic E-state index is 13.5. The quantitative estimate of drug-likeness (QED) is 0.556. The topological polar surface area (TPSA) is 46.9 Å². The van der Waals surface area contributed by atoms with Crippen LogP contribution in [0.5, 0.6) is 0 Å². The molecule has 0 unspecified atom stereocenters. The van der Waals surface area contributed by atoms with Crippen LogP contribution in [-0.4, -0.2) is 15.7 Å². The van der Waals surface area contributed by atoms with Crippen LogP contribution in [0.15, 0.2) is 29.1 Å². The summed E-state index contributed by atoms with van der Waals surface area (Å²) in [5, 5.41) is 2.63. The molecule has 0 saturated heterocycles. The summed E-state index contributed by atoms with van der Waals surface area (Å²) in [6, 6.07) is 5.24. The van der Waals surface area contributed by atoms with Crippen molar-refractivity contribution in [2.75, 3.05) is 5.32 Å². The molecule has 0 saturated carbocycles. The van der Waals surface area contributed by atoms with E-state index < -0.39 is 29.3 Å². The van der Waals surface area contributed by atoms with E-state index in [-0.39, 0.29) is 6.07 Å². The van der Waals surface area contributed by atoms with Gasteiger partial charge in [0.05, 0.1) is 0 Å². The molecule has 0 bridgehead atoms. The molecule has 0 radical (unpaired) electrons. The van der Waals surface area contributed by atoms with Crippen LogP contribution in [-0.2, 0) is 13.0 Å². The highest BCUT2D eigenvalue weighted by atomic mass is 127. The lowest BCUT2D eigenvalue weighted by Gasteiger charge is -2.20. The van der Waals surface area contributed by atoms with E-state index in [1.807, 2.05) is 22.6 Å². The molecule has 2 aromatic rings. The Morgan fingerprint density at radius 1 is 1.21 bits per heavy atom. The average molecular weight is 459 g/mol. The van der Waals surface area contributed by atoms with Crippen molar-refractivity contribution in [2.24, 2.45) is 7.05 Å². The van der Waals surface area contributed by atoms with Crippen LogP contribution < -0.4 is 10.9 Å². The van der Waals surface area contributed by atoms with Gasteiger partial charge in [0, 0.05) is 22.4 Å². The first-order valence-electron chi connectivity index (χ1n) is 6.50. The number of hydrogen-bond donors (Lipinski definition) is 1. The van der Waals surface area contributed by atoms with Crippen LogP contribution in [0.4, 0.5) is 33.6 Å². The standard InChI is InChI=1S/C14H11F5IN3O/c1-7-8(20)4-3-5-9(7)21-12-22-10(6-11(24)23(12)2)13(15,16)14(17,18)19/h3-6H,1-2H3,(H,21,22). The van der Waals surface area contributed by atoms with E-state index in [0.717, 1.165) is 13.7 Å². The predicted molar refractivity (Wildman–Crippen MR) is 86.6 cm³/mol. The largest absolute Gasteiger partial charge is 0.459 e. The van der Waals surface area contributed by atoms with E-state index >= 15 is 0 Å². The van der Waals surface area contributed by atoms with E-state index in [1.165, 1.54) is 7.05 Å². The van der Waals surface area contributed by atoms with Gasteiger partial charge in [0.15, 0.2) is 0 Å². The molecule has 0 amide bonds. The van der Waals surface area contributed by atoms with Gasteiger partial charge < -0.3 is 5.32 Å². The SMILES string of the molecule is Cc1c(I)cccc1Nc1nc(C(F)(F)C(F)(F)F)cc(=O)n1C. The fourth-order valence-corrected chi connectivity index (χ4v) is 2.32. The van der Waals surface area contributed by atoms with Crippen molar-refractivity contribution < 1.29 is 22.0 Å². The molecule has 0 aliphatic rings. The van der Waals surface area contributed by atoms with Crippen molar-refractivity contribution >= 4 is 34.2 Å². The Kier molecular flexibility index (Phi) is 4.88. The lowest BCUT2D eigenvalue weighted by Crippen LogP contribution is -2.36. The summed E-state index contributed by atoms with van der Waals surface area (Å²) in [6.45, 7) is 1.73. The van der Waals surface area contributed by atoms with Crippen molar-refractivity contribution in [3.05, 3.63) is 49.4 Å². The second-order valence-electron chi connectivity index (χ2n) is 4.97. The summed E-state index contributed by atoms with van der Waals surface area (Å²) in [4.78, 5) is 15.1. The van der Waals surface area contributed by atoms with Crippen molar-refractivity contribution in [3.8, 4) is 0 Å². The first-order valence-corrected chi connectivity index (χ1v) is 7.58. The highest BCUT2D eigenvalue weighted by molar-refractivity contribution is 14.1. The Hall–Kier alpha value is -1.72. The molecule has 0 spiro atoms. The van der Waals surface area contributed by atoms with Gasteiger partial charge in [-0.15, -0.1) is 0 Å². The minimum atomic E-state index is -5.85. The maximum Gasteiger partial charge on any atom is 0.459 e. The fourth-order valence-electron chi connectivity index (χ4n) is 1.82. The molecule has 2 rings (SSSR count). The Morgan fingerprint density at radius 3 is 2.42 bits per heavy atom. The van der Waals surface area contributed by atoms with Crippen molar-refractivity contribution in [3.63, 3.8) is 0 Å². The summed E-state index contributed by atoms with van der Waals surface area (Å²) in [7, 11) is 1.22. The van der Waals surface area contributed by atoms with Gasteiger partial charge in [0.2, 0.25) is 5.95 Å². The number of alkyl halides is 5. The van der Waals surface area contributed by atoms with Crippen LogP contribution in [0.3, 0.4) is 0 Å². The molecule has 130 valence electrons. The molecule has 24 heavy (non-hydrogen) atoms. The van der Waals surface area contributed by atoms with Gasteiger partial charge >= 0.3 is 12.1 Å². The monoisotopic (exact) mass is 459 g/mol. The molecule has 0 aliphatic heterocycles. The number of hydrogen-bond acceptors (Lipinski definition) is 3. The highest BCUT2D eigenvalue weighted by Gasteiger charge is 2.60. The minimum absolute atomic E-state index is 0.181. The van der Waals surface area contributed by atoms with Crippen molar-refractivity contribution in [1.29, 1.82) is 0 Å². The zero-order chi connectivity index (χ0) is 18.3. The Bertz CT molecular complexity index is 832. The number of nitrogens with zero attached hydrogens (tertiary/aromatic N) is 2. The molecule has 1 aromatic heterocycles. The van der Waals surface area contributed by atoms with Crippen LogP contribution in [0.1, 0.15) is 11.3 Å². The summed E-state index contributed by atoms with van der Waals surface area (Å²) in [5.41, 5.74) is -1.50. The lowest BCUT2D eigenvalue weighted by atomic mass is 10.2. The van der Waals surface area contributed by atoms with Gasteiger partial charge in [-0.2, -0.15) is 22.0 Å². The first-order chi connectivity index (χ1) is 10.9. The molecule has 10 heteroatoms. The van der Waals surface area contributed by atoms with E-state index in [2.05, 4.69) is 10.3 Å². The number of rotatable bonds is 3. The van der Waals surface area contributed by atoms with Crippen LogP contribution in [0.25, 0.3) is 0 Å². The second-order valence-corrected chi connectivity index (χ2v) is 6.13. The van der Waals surface area contributed by atoms with Crippen LogP contribution in [0.2, 0.25) is 0 Å². The molecule has 0 atom stereocenters. The minimum Gasteiger partial charge on any atom is -0.325 e. The van der Waals surface area contributed by atoms with Gasteiger partial charge in [-0.05, 0) is 47.2 Å². The third kappa shape index (κ3) is 3.37. The van der Waals surface area contributed by atoms with Gasteiger partial charge in [-0.3, -0.25) is 9.36 Å². The third-order valence-electron chi connectivity index (χ3n) is 3.33.